The maximum Gasteiger partial charge on any atom is 0.383 e. The zero-order valence-corrected chi connectivity index (χ0v) is 18.3. The minimum Gasteiger partial charge on any atom is -0.388 e. The van der Waals surface area contributed by atoms with Crippen LogP contribution in [0.1, 0.15) is 23.8 Å². The van der Waals surface area contributed by atoms with E-state index in [1.54, 1.807) is 6.92 Å². The second kappa shape index (κ2) is 8.47. The van der Waals surface area contributed by atoms with E-state index in [1.807, 2.05) is 6.07 Å². The van der Waals surface area contributed by atoms with Gasteiger partial charge in [0.2, 0.25) is 0 Å². The Hall–Kier alpha value is -2.47. The number of rotatable bonds is 6. The Morgan fingerprint density at radius 3 is 2.69 bits per heavy atom. The number of fused-ring (bicyclic) bond motifs is 1. The maximum absolute atomic E-state index is 13.6. The smallest absolute Gasteiger partial charge is 0.383 e. The number of nitro groups is 1. The third-order valence-electron chi connectivity index (χ3n) is 5.28. The van der Waals surface area contributed by atoms with Gasteiger partial charge in [0.05, 0.1) is 12.1 Å². The van der Waals surface area contributed by atoms with Gasteiger partial charge in [0.15, 0.2) is 17.5 Å². The van der Waals surface area contributed by atoms with E-state index in [9.17, 15) is 28.4 Å². The predicted octanol–water partition coefficient (Wildman–Crippen LogP) is 4.45. The van der Waals surface area contributed by atoms with Gasteiger partial charge >= 0.3 is 11.1 Å². The molecule has 0 amide bonds. The van der Waals surface area contributed by atoms with Gasteiger partial charge in [-0.05, 0) is 70.6 Å². The van der Waals surface area contributed by atoms with Gasteiger partial charge in [0.25, 0.3) is 0 Å². The van der Waals surface area contributed by atoms with Crippen LogP contribution in [0.15, 0.2) is 24.4 Å². The second-order valence-electron chi connectivity index (χ2n) is 8.05. The molecule has 1 aliphatic rings. The van der Waals surface area contributed by atoms with Crippen LogP contribution in [0.25, 0.3) is 10.4 Å². The average molecular weight is 487 g/mol. The minimum atomic E-state index is -1.50. The van der Waals surface area contributed by atoms with E-state index in [0.29, 0.717) is 24.3 Å². The van der Waals surface area contributed by atoms with Crippen LogP contribution in [0.4, 0.5) is 19.0 Å². The van der Waals surface area contributed by atoms with Crippen molar-refractivity contribution in [2.24, 2.45) is 0 Å². The molecular formula is C20H18ClF3N4O3S. The first-order valence-corrected chi connectivity index (χ1v) is 10.8. The molecule has 0 spiro atoms. The van der Waals surface area contributed by atoms with Crippen molar-refractivity contribution < 1.29 is 23.2 Å². The fourth-order valence-corrected chi connectivity index (χ4v) is 5.22. The summed E-state index contributed by atoms with van der Waals surface area (Å²) in [4.78, 5) is 15.5. The number of aromatic nitrogens is 2. The van der Waals surface area contributed by atoms with Crippen LogP contribution in [0.5, 0.6) is 0 Å². The van der Waals surface area contributed by atoms with E-state index in [4.69, 9.17) is 11.6 Å². The summed E-state index contributed by atoms with van der Waals surface area (Å²) in [5, 5.41) is 25.0. The quantitative estimate of drug-likeness (QED) is 0.305. The first kappa shape index (κ1) is 22.7. The number of thiophene rings is 1. The lowest BCUT2D eigenvalue weighted by atomic mass is 9.90. The molecule has 2 aromatic heterocycles. The maximum atomic E-state index is 13.6. The lowest BCUT2D eigenvalue weighted by Gasteiger charge is -2.31. The Morgan fingerprint density at radius 1 is 1.38 bits per heavy atom. The van der Waals surface area contributed by atoms with Gasteiger partial charge < -0.3 is 20.5 Å². The summed E-state index contributed by atoms with van der Waals surface area (Å²) >= 11 is 7.31. The molecule has 0 saturated heterocycles. The Balaban J connectivity index is 1.47. The van der Waals surface area contributed by atoms with Crippen LogP contribution in [0, 0.1) is 27.6 Å². The highest BCUT2D eigenvalue weighted by molar-refractivity contribution is 7.15. The molecule has 3 aromatic rings. The Kier molecular flexibility index (Phi) is 6.01. The van der Waals surface area contributed by atoms with E-state index in [1.165, 1.54) is 22.1 Å². The van der Waals surface area contributed by atoms with Gasteiger partial charge in [-0.3, -0.25) is 4.57 Å². The number of aliphatic hydroxyl groups is 1. The molecule has 4 rings (SSSR count). The number of imidazole rings is 1. The molecule has 0 aliphatic carbocycles. The molecule has 2 atom stereocenters. The molecule has 1 aromatic carbocycles. The Morgan fingerprint density at radius 2 is 2.06 bits per heavy atom. The summed E-state index contributed by atoms with van der Waals surface area (Å²) in [6, 6.07) is 3.66. The van der Waals surface area contributed by atoms with Crippen molar-refractivity contribution in [1.29, 1.82) is 0 Å². The minimum absolute atomic E-state index is 0.0146. The number of benzene rings is 1. The van der Waals surface area contributed by atoms with Gasteiger partial charge in [-0.25, -0.2) is 13.2 Å². The zero-order chi connectivity index (χ0) is 23.2. The van der Waals surface area contributed by atoms with Crippen LogP contribution in [0.2, 0.25) is 5.28 Å². The molecule has 3 heterocycles. The molecule has 0 radical (unpaired) electrons. The van der Waals surface area contributed by atoms with Gasteiger partial charge in [-0.15, -0.1) is 11.3 Å². The highest BCUT2D eigenvalue weighted by Gasteiger charge is 2.31. The number of hydrogen-bond donors (Lipinski definition) is 2. The largest absolute Gasteiger partial charge is 0.388 e. The van der Waals surface area contributed by atoms with Crippen molar-refractivity contribution in [3.8, 4) is 10.4 Å². The van der Waals surface area contributed by atoms with Crippen LogP contribution >= 0.6 is 22.9 Å². The van der Waals surface area contributed by atoms with Crippen molar-refractivity contribution in [1.82, 2.24) is 14.9 Å². The standard InChI is InChI=1S/C20H18ClF3N4O3S/c1-20(29,9-27-8-17(28(30)31)26-19(27)21)6-12-2-10-5-15(32-16(10)7-25-12)11-3-13(22)18(24)14(23)4-11/h3-5,8,12,25,29H,2,6-7,9H2,1H3/t12?,20-/m0/s1. The Labute approximate surface area is 189 Å². The molecule has 2 N–H and O–H groups in total. The van der Waals surface area contributed by atoms with E-state index >= 15 is 0 Å². The molecule has 1 unspecified atom stereocenters. The van der Waals surface area contributed by atoms with Crippen LogP contribution < -0.4 is 5.32 Å². The number of nitrogens with one attached hydrogen (secondary N) is 1. The Bertz CT molecular complexity index is 1170. The molecule has 0 saturated carbocycles. The monoisotopic (exact) mass is 486 g/mol. The molecular weight excluding hydrogens is 469 g/mol. The average Bonchev–Trinajstić information content (AvgIpc) is 3.28. The van der Waals surface area contributed by atoms with E-state index in [0.717, 1.165) is 22.6 Å². The van der Waals surface area contributed by atoms with Crippen molar-refractivity contribution in [2.75, 3.05) is 0 Å². The third kappa shape index (κ3) is 4.65. The predicted molar refractivity (Wildman–Crippen MR) is 113 cm³/mol. The summed E-state index contributed by atoms with van der Waals surface area (Å²) < 4.78 is 41.8. The number of hydrogen-bond acceptors (Lipinski definition) is 6. The topological polar surface area (TPSA) is 93.2 Å². The molecule has 7 nitrogen and oxygen atoms in total. The lowest BCUT2D eigenvalue weighted by molar-refractivity contribution is -0.389. The summed E-state index contributed by atoms with van der Waals surface area (Å²) in [6.07, 6.45) is 2.06. The van der Waals surface area contributed by atoms with E-state index < -0.39 is 33.8 Å². The first-order chi connectivity index (χ1) is 15.0. The molecule has 32 heavy (non-hydrogen) atoms. The van der Waals surface area contributed by atoms with Crippen molar-refractivity contribution >= 4 is 28.8 Å². The number of nitrogens with zero attached hydrogens (tertiary/aromatic N) is 3. The van der Waals surface area contributed by atoms with E-state index in [-0.39, 0.29) is 23.4 Å². The van der Waals surface area contributed by atoms with Gasteiger partial charge in [0.1, 0.15) is 6.20 Å². The fraction of sp³-hybridized carbons (Fsp3) is 0.350. The third-order valence-corrected chi connectivity index (χ3v) is 6.81. The van der Waals surface area contributed by atoms with Crippen molar-refractivity contribution in [3.05, 3.63) is 67.7 Å². The molecule has 12 heteroatoms. The van der Waals surface area contributed by atoms with Crippen molar-refractivity contribution in [3.63, 3.8) is 0 Å². The first-order valence-electron chi connectivity index (χ1n) is 9.62. The summed E-state index contributed by atoms with van der Waals surface area (Å²) in [5.74, 6) is -4.37. The van der Waals surface area contributed by atoms with E-state index in [2.05, 4.69) is 10.3 Å². The molecule has 1 aliphatic heterocycles. The summed E-state index contributed by atoms with van der Waals surface area (Å²) in [5.41, 5.74) is 0.00167. The normalized spacial score (nSPS) is 17.8. The highest BCUT2D eigenvalue weighted by atomic mass is 35.5. The fourth-order valence-electron chi connectivity index (χ4n) is 3.89. The zero-order valence-electron chi connectivity index (χ0n) is 16.7. The molecule has 0 fully saturated rings. The summed E-state index contributed by atoms with van der Waals surface area (Å²) in [7, 11) is 0. The second-order valence-corrected chi connectivity index (χ2v) is 9.52. The molecule has 0 bridgehead atoms. The number of halogens is 4. The van der Waals surface area contributed by atoms with Gasteiger partial charge in [0, 0.05) is 22.3 Å². The lowest BCUT2D eigenvalue weighted by Crippen LogP contribution is -2.43. The van der Waals surface area contributed by atoms with Crippen molar-refractivity contribution in [2.45, 2.75) is 44.5 Å². The molecule has 170 valence electrons. The van der Waals surface area contributed by atoms with Crippen LogP contribution in [-0.4, -0.2) is 31.2 Å². The van der Waals surface area contributed by atoms with Gasteiger partial charge in [-0.1, -0.05) is 0 Å². The summed E-state index contributed by atoms with van der Waals surface area (Å²) in [6.45, 7) is 2.13. The van der Waals surface area contributed by atoms with Crippen LogP contribution in [0.3, 0.4) is 0 Å². The highest BCUT2D eigenvalue weighted by Crippen LogP contribution is 2.36. The van der Waals surface area contributed by atoms with Gasteiger partial charge in [-0.2, -0.15) is 0 Å². The van der Waals surface area contributed by atoms with Crippen LogP contribution in [-0.2, 0) is 19.5 Å². The SMILES string of the molecule is C[C@](O)(CC1Cc2cc(-c3cc(F)c(F)c(F)c3)sc2CN1)Cn1cc([N+](=O)[O-])nc1Cl.